The summed E-state index contributed by atoms with van der Waals surface area (Å²) in [4.78, 5) is 0.203. The van der Waals surface area contributed by atoms with Gasteiger partial charge in [-0.3, -0.25) is 14.1 Å². The molecule has 0 unspecified atom stereocenters. The number of aryl methyl sites for hydroxylation is 2. The summed E-state index contributed by atoms with van der Waals surface area (Å²) in [5.74, 6) is 0. The third kappa shape index (κ3) is 4.52. The quantitative estimate of drug-likeness (QED) is 0.611. The van der Waals surface area contributed by atoms with E-state index in [1.807, 2.05) is 13.8 Å². The number of sulfonamides is 2. The van der Waals surface area contributed by atoms with E-state index in [2.05, 4.69) is 14.5 Å². The van der Waals surface area contributed by atoms with Crippen LogP contribution in [0.15, 0.2) is 70.7 Å². The minimum atomic E-state index is -3.77. The minimum absolute atomic E-state index is 0.0542. The van der Waals surface area contributed by atoms with Crippen molar-refractivity contribution in [1.29, 1.82) is 0 Å². The van der Waals surface area contributed by atoms with Crippen molar-refractivity contribution in [1.82, 2.24) is 9.78 Å². The molecule has 0 fully saturated rings. The summed E-state index contributed by atoms with van der Waals surface area (Å²) in [7, 11) is -7.49. The summed E-state index contributed by atoms with van der Waals surface area (Å²) < 4.78 is 56.0. The molecule has 0 saturated heterocycles. The number of aromatic nitrogens is 2. The van der Waals surface area contributed by atoms with E-state index >= 15 is 0 Å². The van der Waals surface area contributed by atoms with Gasteiger partial charge >= 0.3 is 0 Å². The topological polar surface area (TPSA) is 110 Å². The van der Waals surface area contributed by atoms with Crippen molar-refractivity contribution in [3.63, 3.8) is 0 Å². The zero-order valence-electron chi connectivity index (χ0n) is 15.3. The van der Waals surface area contributed by atoms with Crippen LogP contribution in [-0.4, -0.2) is 26.6 Å². The van der Waals surface area contributed by atoms with E-state index in [9.17, 15) is 16.8 Å². The molecule has 3 rings (SSSR count). The van der Waals surface area contributed by atoms with Crippen molar-refractivity contribution in [3.05, 3.63) is 66.5 Å². The van der Waals surface area contributed by atoms with Crippen LogP contribution in [0.25, 0.3) is 0 Å². The van der Waals surface area contributed by atoms with Crippen molar-refractivity contribution >= 4 is 31.4 Å². The maximum atomic E-state index is 12.4. The van der Waals surface area contributed by atoms with Crippen molar-refractivity contribution in [3.8, 4) is 0 Å². The molecule has 0 aliphatic heterocycles. The van der Waals surface area contributed by atoms with Gasteiger partial charge in [0.05, 0.1) is 11.1 Å². The van der Waals surface area contributed by atoms with E-state index in [4.69, 9.17) is 0 Å². The first-order valence-corrected chi connectivity index (χ1v) is 11.4. The summed E-state index contributed by atoms with van der Waals surface area (Å²) in [6, 6.07) is 12.4. The monoisotopic (exact) mass is 420 g/mol. The van der Waals surface area contributed by atoms with Gasteiger partial charge in [0.15, 0.2) is 0 Å². The number of benzene rings is 2. The molecule has 0 radical (unpaired) electrons. The van der Waals surface area contributed by atoms with Crippen LogP contribution >= 0.6 is 0 Å². The largest absolute Gasteiger partial charge is 0.280 e. The SMILES string of the molecule is CCn1cc(S(=O)(=O)Nc2ccc(NS(=O)(=O)c3ccc(C)cc3)cc2)cn1. The lowest BCUT2D eigenvalue weighted by molar-refractivity contribution is 0.599. The van der Waals surface area contributed by atoms with Crippen molar-refractivity contribution in [2.24, 2.45) is 0 Å². The lowest BCUT2D eigenvalue weighted by Crippen LogP contribution is -2.14. The molecule has 2 aromatic carbocycles. The number of hydrogen-bond acceptors (Lipinski definition) is 5. The fraction of sp³-hybridized carbons (Fsp3) is 0.167. The third-order valence-electron chi connectivity index (χ3n) is 3.96. The fourth-order valence-corrected chi connectivity index (χ4v) is 4.48. The molecule has 1 aromatic heterocycles. The Labute approximate surface area is 164 Å². The Balaban J connectivity index is 1.73. The van der Waals surface area contributed by atoms with E-state index in [-0.39, 0.29) is 9.79 Å². The van der Waals surface area contributed by atoms with Crippen LogP contribution in [0.1, 0.15) is 12.5 Å². The lowest BCUT2D eigenvalue weighted by Gasteiger charge is -2.10. The molecule has 0 aliphatic rings. The molecule has 1 heterocycles. The Morgan fingerprint density at radius 3 is 1.79 bits per heavy atom. The Hall–Kier alpha value is -2.85. The molecule has 0 saturated carbocycles. The molecule has 10 heteroatoms. The summed E-state index contributed by atoms with van der Waals surface area (Å²) in [5.41, 5.74) is 1.59. The molecule has 28 heavy (non-hydrogen) atoms. The molecule has 0 spiro atoms. The molecule has 0 aliphatic carbocycles. The smallest absolute Gasteiger partial charge is 0.265 e. The summed E-state index contributed by atoms with van der Waals surface area (Å²) in [6.07, 6.45) is 2.71. The van der Waals surface area contributed by atoms with Crippen LogP contribution in [0.4, 0.5) is 11.4 Å². The predicted molar refractivity (Wildman–Crippen MR) is 107 cm³/mol. The molecule has 0 atom stereocenters. The molecule has 3 aromatic rings. The Kier molecular flexibility index (Phi) is 5.43. The van der Waals surface area contributed by atoms with Crippen LogP contribution in [0.2, 0.25) is 0 Å². The highest BCUT2D eigenvalue weighted by atomic mass is 32.2. The molecule has 148 valence electrons. The van der Waals surface area contributed by atoms with E-state index in [1.165, 1.54) is 53.5 Å². The van der Waals surface area contributed by atoms with Gasteiger partial charge in [0.2, 0.25) is 0 Å². The Morgan fingerprint density at radius 1 is 0.821 bits per heavy atom. The average molecular weight is 421 g/mol. The van der Waals surface area contributed by atoms with Gasteiger partial charge in [-0.2, -0.15) is 5.10 Å². The molecule has 8 nitrogen and oxygen atoms in total. The molecule has 0 bridgehead atoms. The van der Waals surface area contributed by atoms with E-state index in [1.54, 1.807) is 12.1 Å². The van der Waals surface area contributed by atoms with Crippen molar-refractivity contribution < 1.29 is 16.8 Å². The molecule has 0 amide bonds. The predicted octanol–water partition coefficient (Wildman–Crippen LogP) is 2.81. The Bertz CT molecular complexity index is 1170. The zero-order valence-corrected chi connectivity index (χ0v) is 17.0. The van der Waals surface area contributed by atoms with E-state index in [0.29, 0.717) is 17.9 Å². The average Bonchev–Trinajstić information content (AvgIpc) is 3.14. The standard InChI is InChI=1S/C18H20N4O4S2/c1-3-22-13-18(12-19-22)28(25,26)21-16-8-6-15(7-9-16)20-27(23,24)17-10-4-14(2)5-11-17/h4-13,20-21H,3H2,1-2H3. The van der Waals surface area contributed by atoms with Gasteiger partial charge < -0.3 is 0 Å². The maximum absolute atomic E-state index is 12.4. The van der Waals surface area contributed by atoms with Crippen LogP contribution in [0.3, 0.4) is 0 Å². The number of rotatable bonds is 7. The first kappa shape index (κ1) is 19.9. The lowest BCUT2D eigenvalue weighted by atomic mass is 10.2. The highest BCUT2D eigenvalue weighted by Gasteiger charge is 2.17. The molecular formula is C18H20N4O4S2. The third-order valence-corrected chi connectivity index (χ3v) is 6.70. The van der Waals surface area contributed by atoms with Gasteiger partial charge in [0.25, 0.3) is 20.0 Å². The number of anilines is 2. The number of nitrogens with zero attached hydrogens (tertiary/aromatic N) is 2. The maximum Gasteiger partial charge on any atom is 0.265 e. The Morgan fingerprint density at radius 2 is 1.32 bits per heavy atom. The van der Waals surface area contributed by atoms with Crippen LogP contribution in [0, 0.1) is 6.92 Å². The fourth-order valence-electron chi connectivity index (χ4n) is 2.41. The second-order valence-corrected chi connectivity index (χ2v) is 9.50. The number of nitrogens with one attached hydrogen (secondary N) is 2. The van der Waals surface area contributed by atoms with Crippen LogP contribution in [-0.2, 0) is 26.6 Å². The summed E-state index contributed by atoms with van der Waals surface area (Å²) >= 11 is 0. The van der Waals surface area contributed by atoms with E-state index in [0.717, 1.165) is 5.56 Å². The summed E-state index contributed by atoms with van der Waals surface area (Å²) in [6.45, 7) is 4.29. The van der Waals surface area contributed by atoms with Gasteiger partial charge in [0, 0.05) is 24.1 Å². The van der Waals surface area contributed by atoms with Crippen LogP contribution in [0.5, 0.6) is 0 Å². The van der Waals surface area contributed by atoms with Gasteiger partial charge in [-0.1, -0.05) is 17.7 Å². The minimum Gasteiger partial charge on any atom is -0.280 e. The van der Waals surface area contributed by atoms with E-state index < -0.39 is 20.0 Å². The number of hydrogen-bond donors (Lipinski definition) is 2. The first-order valence-electron chi connectivity index (χ1n) is 8.44. The zero-order chi connectivity index (χ0) is 20.4. The van der Waals surface area contributed by atoms with Gasteiger partial charge in [-0.25, -0.2) is 16.8 Å². The van der Waals surface area contributed by atoms with Crippen molar-refractivity contribution in [2.45, 2.75) is 30.2 Å². The highest BCUT2D eigenvalue weighted by Crippen LogP contribution is 2.21. The summed E-state index contributed by atoms with van der Waals surface area (Å²) in [5, 5.41) is 3.95. The van der Waals surface area contributed by atoms with Crippen LogP contribution < -0.4 is 9.44 Å². The van der Waals surface area contributed by atoms with Gasteiger partial charge in [-0.05, 0) is 50.2 Å². The molecule has 2 N–H and O–H groups in total. The normalized spacial score (nSPS) is 11.9. The second-order valence-electron chi connectivity index (χ2n) is 6.13. The highest BCUT2D eigenvalue weighted by molar-refractivity contribution is 7.93. The molecular weight excluding hydrogens is 400 g/mol. The second kappa shape index (κ2) is 7.64. The first-order chi connectivity index (χ1) is 13.2. The van der Waals surface area contributed by atoms with Gasteiger partial charge in [0.1, 0.15) is 4.90 Å². The van der Waals surface area contributed by atoms with Crippen molar-refractivity contribution in [2.75, 3.05) is 9.44 Å². The van der Waals surface area contributed by atoms with Gasteiger partial charge in [-0.15, -0.1) is 0 Å².